The van der Waals surface area contributed by atoms with Gasteiger partial charge in [0, 0.05) is 68.9 Å². The van der Waals surface area contributed by atoms with Gasteiger partial charge in [0.1, 0.15) is 19.0 Å². The van der Waals surface area contributed by atoms with Crippen LogP contribution in [0.2, 0.25) is 0 Å². The number of hydrogen-bond acceptors (Lipinski definition) is 7. The Morgan fingerprint density at radius 3 is 2.43 bits per heavy atom. The highest BCUT2D eigenvalue weighted by Gasteiger charge is 2.18. The van der Waals surface area contributed by atoms with Crippen molar-refractivity contribution in [2.24, 2.45) is 0 Å². The molecule has 2 aliphatic heterocycles. The maximum absolute atomic E-state index is 14.8. The first-order valence-corrected chi connectivity index (χ1v) is 14.0. The smallest absolute Gasteiger partial charge is 0.167 e. The first-order valence-electron chi connectivity index (χ1n) is 16.5. The van der Waals surface area contributed by atoms with Gasteiger partial charge in [-0.1, -0.05) is 25.1 Å². The van der Waals surface area contributed by atoms with Gasteiger partial charge in [-0.2, -0.15) is 0 Å². The van der Waals surface area contributed by atoms with E-state index in [1.807, 2.05) is 12.1 Å². The number of carbonyl (C=O) groups is 2. The van der Waals surface area contributed by atoms with E-state index in [1.165, 1.54) is 11.0 Å². The molecule has 0 N–H and O–H groups in total. The molecule has 7 nitrogen and oxygen atoms in total. The molecule has 3 heterocycles. The number of hydrogen-bond donors (Lipinski definition) is 0. The molecule has 1 saturated heterocycles. The first-order chi connectivity index (χ1) is 22.4. The van der Waals surface area contributed by atoms with Crippen molar-refractivity contribution in [2.75, 3.05) is 45.9 Å². The lowest BCUT2D eigenvalue weighted by Gasteiger charge is -2.33. The van der Waals surface area contributed by atoms with Gasteiger partial charge in [-0.25, -0.2) is 4.39 Å². The molecule has 1 aromatic heterocycles. The molecule has 6 rings (SSSR count). The van der Waals surface area contributed by atoms with E-state index in [0.29, 0.717) is 79.6 Å². The van der Waals surface area contributed by atoms with Gasteiger partial charge in [0.15, 0.2) is 23.1 Å². The van der Waals surface area contributed by atoms with Crippen LogP contribution in [0.3, 0.4) is 0 Å². The van der Waals surface area contributed by atoms with Crippen molar-refractivity contribution < 1.29 is 30.3 Å². The Labute approximate surface area is 251 Å². The summed E-state index contributed by atoms with van der Waals surface area (Å²) < 4.78 is 64.4. The van der Waals surface area contributed by atoms with Gasteiger partial charge in [0.2, 0.25) is 0 Å². The predicted molar refractivity (Wildman–Crippen MR) is 159 cm³/mol. The number of halogens is 1. The van der Waals surface area contributed by atoms with Crippen LogP contribution in [0, 0.1) is 5.82 Å². The fourth-order valence-electron chi connectivity index (χ4n) is 5.33. The van der Waals surface area contributed by atoms with Crippen LogP contribution in [0.25, 0.3) is 10.9 Å². The van der Waals surface area contributed by atoms with E-state index < -0.39 is 19.2 Å². The fourth-order valence-corrected chi connectivity index (χ4v) is 5.33. The Morgan fingerprint density at radius 1 is 0.857 bits per heavy atom. The molecule has 3 aromatic carbocycles. The standard InChI is InChI=1S/C34H34FN3O4/c1-2-37-11-13-38(14-12-37)22-28-7-4-24-19-25(5-9-30(24)36-28)32(40)20-27-17-23(3-8-29(27)35)18-31(39)26-6-10-33-34(21-26)42-16-15-41-33/h3-10,17,19,21H,2,11-16,18,20,22H2,1H3/i1D3,2D2. The van der Waals surface area contributed by atoms with Crippen molar-refractivity contribution >= 4 is 22.5 Å². The molecule has 1 fully saturated rings. The van der Waals surface area contributed by atoms with Crippen LogP contribution in [0.15, 0.2) is 66.7 Å². The Hall–Kier alpha value is -4.14. The van der Waals surface area contributed by atoms with Gasteiger partial charge in [-0.3, -0.25) is 19.5 Å². The van der Waals surface area contributed by atoms with E-state index >= 15 is 0 Å². The van der Waals surface area contributed by atoms with E-state index in [9.17, 15) is 14.0 Å². The molecule has 216 valence electrons. The summed E-state index contributed by atoms with van der Waals surface area (Å²) in [4.78, 5) is 34.4. The van der Waals surface area contributed by atoms with Crippen molar-refractivity contribution in [3.8, 4) is 11.5 Å². The second-order valence-electron chi connectivity index (χ2n) is 10.6. The zero-order chi connectivity index (χ0) is 33.3. The Bertz CT molecular complexity index is 1830. The summed E-state index contributed by atoms with van der Waals surface area (Å²) in [5.74, 6) is 0.167. The molecule has 0 bridgehead atoms. The van der Waals surface area contributed by atoms with Gasteiger partial charge < -0.3 is 14.4 Å². The second kappa shape index (κ2) is 12.4. The lowest BCUT2D eigenvalue weighted by molar-refractivity contribution is 0.0985. The fraction of sp³-hybridized carbons (Fsp3) is 0.324. The molecule has 42 heavy (non-hydrogen) atoms. The number of rotatable bonds is 9. The largest absolute Gasteiger partial charge is 0.486 e. The summed E-state index contributed by atoms with van der Waals surface area (Å²) in [6.45, 7) is -2.10. The molecule has 0 unspecified atom stereocenters. The van der Waals surface area contributed by atoms with E-state index in [4.69, 9.17) is 21.3 Å². The zero-order valence-electron chi connectivity index (χ0n) is 28.1. The van der Waals surface area contributed by atoms with Crippen molar-refractivity contribution in [2.45, 2.75) is 26.2 Å². The average Bonchev–Trinajstić information content (AvgIpc) is 3.05. The molecule has 0 aliphatic carbocycles. The monoisotopic (exact) mass is 572 g/mol. The van der Waals surface area contributed by atoms with Crippen LogP contribution >= 0.6 is 0 Å². The minimum atomic E-state index is -2.72. The van der Waals surface area contributed by atoms with Gasteiger partial charge >= 0.3 is 0 Å². The van der Waals surface area contributed by atoms with Crippen LogP contribution in [0.4, 0.5) is 4.39 Å². The van der Waals surface area contributed by atoms with E-state index in [0.717, 1.165) is 11.1 Å². The highest BCUT2D eigenvalue weighted by Crippen LogP contribution is 2.31. The number of ketones is 2. The summed E-state index contributed by atoms with van der Waals surface area (Å²) >= 11 is 0. The lowest BCUT2D eigenvalue weighted by atomic mass is 9.97. The SMILES string of the molecule is [2H]C([2H])([2H])C([2H])([2H])N1CCN(Cc2ccc3cc(C(=O)Cc4cc(CC(=O)c5ccc6c(c5)OCCO6)ccc4F)ccc3n2)CC1. The second-order valence-corrected chi connectivity index (χ2v) is 10.6. The van der Waals surface area contributed by atoms with Gasteiger partial charge in [0.05, 0.1) is 11.2 Å². The number of piperazine rings is 1. The van der Waals surface area contributed by atoms with Crippen LogP contribution in [-0.4, -0.2) is 72.2 Å². The summed E-state index contributed by atoms with van der Waals surface area (Å²) in [6, 6.07) is 18.3. The van der Waals surface area contributed by atoms with Crippen molar-refractivity contribution in [1.82, 2.24) is 14.8 Å². The molecule has 0 amide bonds. The number of aromatic nitrogens is 1. The molecule has 0 radical (unpaired) electrons. The number of benzene rings is 3. The van der Waals surface area contributed by atoms with Gasteiger partial charge in [0.25, 0.3) is 0 Å². The van der Waals surface area contributed by atoms with E-state index in [2.05, 4.69) is 4.90 Å². The first kappa shape index (κ1) is 22.5. The number of fused-ring (bicyclic) bond motifs is 2. The van der Waals surface area contributed by atoms with Gasteiger partial charge in [-0.15, -0.1) is 0 Å². The number of likely N-dealkylation sites (N-methyl/N-ethyl adjacent to an activating group) is 1. The number of ether oxygens (including phenoxy) is 2. The molecule has 0 atom stereocenters. The third-order valence-electron chi connectivity index (χ3n) is 7.67. The highest BCUT2D eigenvalue weighted by atomic mass is 19.1. The maximum atomic E-state index is 14.8. The van der Waals surface area contributed by atoms with Gasteiger partial charge in [-0.05, 0) is 66.2 Å². The predicted octanol–water partition coefficient (Wildman–Crippen LogP) is 5.13. The summed E-state index contributed by atoms with van der Waals surface area (Å²) in [5.41, 5.74) is 3.19. The number of carbonyl (C=O) groups excluding carboxylic acids is 2. The van der Waals surface area contributed by atoms with Crippen molar-refractivity contribution in [3.63, 3.8) is 0 Å². The van der Waals surface area contributed by atoms with Crippen LogP contribution in [-0.2, 0) is 19.4 Å². The van der Waals surface area contributed by atoms with E-state index in [-0.39, 0.29) is 30.0 Å². The van der Waals surface area contributed by atoms with Crippen LogP contribution < -0.4 is 9.47 Å². The maximum Gasteiger partial charge on any atom is 0.167 e. The topological polar surface area (TPSA) is 72.0 Å². The van der Waals surface area contributed by atoms with Crippen molar-refractivity contribution in [3.05, 3.63) is 100 Å². The third-order valence-corrected chi connectivity index (χ3v) is 7.67. The quantitative estimate of drug-likeness (QED) is 0.258. The molecular weight excluding hydrogens is 533 g/mol. The number of nitrogens with zero attached hydrogens (tertiary/aromatic N) is 3. The van der Waals surface area contributed by atoms with E-state index in [1.54, 1.807) is 48.5 Å². The highest BCUT2D eigenvalue weighted by molar-refractivity contribution is 6.01. The average molecular weight is 573 g/mol. The summed E-state index contributed by atoms with van der Waals surface area (Å²) in [6.07, 6.45) is -0.126. The minimum absolute atomic E-state index is 0.0399. The molecule has 0 saturated carbocycles. The normalized spacial score (nSPS) is 18.0. The zero-order valence-corrected chi connectivity index (χ0v) is 23.1. The molecule has 0 spiro atoms. The number of Topliss-reactive ketones (excluding diaryl/α,β-unsaturated/α-hetero) is 2. The third kappa shape index (κ3) is 6.35. The van der Waals surface area contributed by atoms with Crippen LogP contribution in [0.5, 0.6) is 11.5 Å². The lowest BCUT2D eigenvalue weighted by Crippen LogP contribution is -2.45. The molecular formula is C34H34FN3O4. The summed E-state index contributed by atoms with van der Waals surface area (Å²) in [5, 5.41) is 0.759. The molecule has 2 aliphatic rings. The van der Waals surface area contributed by atoms with Crippen LogP contribution in [0.1, 0.15) is 51.2 Å². The Morgan fingerprint density at radius 2 is 1.60 bits per heavy atom. The number of pyridine rings is 1. The summed E-state index contributed by atoms with van der Waals surface area (Å²) in [7, 11) is 0. The Kier molecular flexibility index (Phi) is 6.62. The molecule has 8 heteroatoms. The van der Waals surface area contributed by atoms with Crippen molar-refractivity contribution in [1.29, 1.82) is 0 Å². The Balaban J connectivity index is 1.08. The molecule has 4 aromatic rings. The minimum Gasteiger partial charge on any atom is -0.486 e.